The molecule has 1 fully saturated rings. The van der Waals surface area contributed by atoms with Gasteiger partial charge in [0.05, 0.1) is 24.4 Å². The van der Waals surface area contributed by atoms with Crippen molar-refractivity contribution in [2.24, 2.45) is 5.92 Å². The van der Waals surface area contributed by atoms with Gasteiger partial charge in [-0.05, 0) is 13.3 Å². The van der Waals surface area contributed by atoms with Gasteiger partial charge in [0.2, 0.25) is 0 Å². The van der Waals surface area contributed by atoms with Gasteiger partial charge in [0.15, 0.2) is 0 Å². The van der Waals surface area contributed by atoms with Gasteiger partial charge in [0.25, 0.3) is 0 Å². The Hall–Kier alpha value is -0.120. The van der Waals surface area contributed by atoms with E-state index in [9.17, 15) is 5.11 Å². The fraction of sp³-hybridized carbons (Fsp3) is 1.00. The second-order valence-electron chi connectivity index (χ2n) is 4.21. The molecule has 1 unspecified atom stereocenters. The van der Waals surface area contributed by atoms with Crippen LogP contribution in [-0.4, -0.2) is 34.6 Å². The van der Waals surface area contributed by atoms with Gasteiger partial charge in [0.1, 0.15) is 0 Å². The molecule has 0 bridgehead atoms. The molecule has 1 heterocycles. The lowest BCUT2D eigenvalue weighted by atomic mass is 9.88. The van der Waals surface area contributed by atoms with Crippen molar-refractivity contribution >= 4 is 0 Å². The summed E-state index contributed by atoms with van der Waals surface area (Å²) in [5.41, 5.74) is -0.457. The fourth-order valence-electron chi connectivity index (χ4n) is 2.19. The molecule has 1 aliphatic heterocycles. The second-order valence-corrected chi connectivity index (χ2v) is 4.21. The minimum atomic E-state index is -0.457. The number of rotatable bonds is 3. The monoisotopic (exact) mass is 188 g/mol. The highest BCUT2D eigenvalue weighted by Crippen LogP contribution is 2.37. The SMILES string of the molecule is CCC[C@]1(C)O[C@H](CO)C(C)[C@@H]1O. The molecule has 78 valence electrons. The van der Waals surface area contributed by atoms with E-state index in [-0.39, 0.29) is 18.6 Å². The zero-order chi connectivity index (χ0) is 10.1. The van der Waals surface area contributed by atoms with Crippen LogP contribution in [0.1, 0.15) is 33.6 Å². The van der Waals surface area contributed by atoms with Crippen LogP contribution in [0.15, 0.2) is 0 Å². The summed E-state index contributed by atoms with van der Waals surface area (Å²) in [6.07, 6.45) is 1.17. The molecule has 0 aromatic rings. The first kappa shape index (κ1) is 11.0. The fourth-order valence-corrected chi connectivity index (χ4v) is 2.19. The Balaban J connectivity index is 2.69. The van der Waals surface area contributed by atoms with Crippen LogP contribution in [0.4, 0.5) is 0 Å². The largest absolute Gasteiger partial charge is 0.394 e. The predicted molar refractivity (Wildman–Crippen MR) is 50.4 cm³/mol. The lowest BCUT2D eigenvalue weighted by molar-refractivity contribution is -0.0851. The number of ether oxygens (including phenoxy) is 1. The molecule has 4 atom stereocenters. The zero-order valence-electron chi connectivity index (χ0n) is 8.66. The molecule has 3 nitrogen and oxygen atoms in total. The van der Waals surface area contributed by atoms with Crippen molar-refractivity contribution in [1.29, 1.82) is 0 Å². The summed E-state index contributed by atoms with van der Waals surface area (Å²) in [6, 6.07) is 0. The summed E-state index contributed by atoms with van der Waals surface area (Å²) < 4.78 is 5.66. The quantitative estimate of drug-likeness (QED) is 0.693. The summed E-state index contributed by atoms with van der Waals surface area (Å²) in [7, 11) is 0. The highest BCUT2D eigenvalue weighted by molar-refractivity contribution is 4.96. The van der Waals surface area contributed by atoms with E-state index in [2.05, 4.69) is 6.92 Å². The second kappa shape index (κ2) is 3.95. The lowest BCUT2D eigenvalue weighted by Crippen LogP contribution is -2.37. The molecule has 0 aromatic carbocycles. The average molecular weight is 188 g/mol. The molecule has 0 saturated carbocycles. The van der Waals surface area contributed by atoms with E-state index in [4.69, 9.17) is 9.84 Å². The third-order valence-electron chi connectivity index (χ3n) is 3.06. The van der Waals surface area contributed by atoms with Gasteiger partial charge in [-0.25, -0.2) is 0 Å². The topological polar surface area (TPSA) is 49.7 Å². The van der Waals surface area contributed by atoms with Crippen LogP contribution in [-0.2, 0) is 4.74 Å². The number of hydrogen-bond acceptors (Lipinski definition) is 3. The van der Waals surface area contributed by atoms with E-state index < -0.39 is 11.7 Å². The summed E-state index contributed by atoms with van der Waals surface area (Å²) in [6.45, 7) is 5.91. The van der Waals surface area contributed by atoms with Crippen LogP contribution in [0, 0.1) is 5.92 Å². The molecule has 0 aliphatic carbocycles. The van der Waals surface area contributed by atoms with Gasteiger partial charge in [0, 0.05) is 5.92 Å². The first-order valence-corrected chi connectivity index (χ1v) is 5.02. The van der Waals surface area contributed by atoms with Crippen LogP contribution >= 0.6 is 0 Å². The molecular weight excluding hydrogens is 168 g/mol. The normalized spacial score (nSPS) is 45.5. The zero-order valence-corrected chi connectivity index (χ0v) is 8.66. The Bertz CT molecular complexity index is 172. The summed E-state index contributed by atoms with van der Waals surface area (Å²) >= 11 is 0. The highest BCUT2D eigenvalue weighted by atomic mass is 16.5. The maximum Gasteiger partial charge on any atom is 0.0920 e. The minimum Gasteiger partial charge on any atom is -0.394 e. The number of hydrogen-bond donors (Lipinski definition) is 2. The van der Waals surface area contributed by atoms with Crippen molar-refractivity contribution in [2.45, 2.75) is 51.4 Å². The molecule has 0 spiro atoms. The van der Waals surface area contributed by atoms with Crippen molar-refractivity contribution in [3.05, 3.63) is 0 Å². The predicted octanol–water partition coefficient (Wildman–Crippen LogP) is 0.933. The van der Waals surface area contributed by atoms with Crippen LogP contribution in [0.25, 0.3) is 0 Å². The Labute approximate surface area is 79.7 Å². The van der Waals surface area contributed by atoms with Crippen molar-refractivity contribution in [3.8, 4) is 0 Å². The van der Waals surface area contributed by atoms with Gasteiger partial charge in [-0.15, -0.1) is 0 Å². The van der Waals surface area contributed by atoms with Crippen LogP contribution < -0.4 is 0 Å². The van der Waals surface area contributed by atoms with Crippen molar-refractivity contribution < 1.29 is 14.9 Å². The van der Waals surface area contributed by atoms with E-state index in [0.717, 1.165) is 12.8 Å². The van der Waals surface area contributed by atoms with Crippen molar-refractivity contribution in [2.75, 3.05) is 6.61 Å². The average Bonchev–Trinajstić information content (AvgIpc) is 2.31. The third-order valence-corrected chi connectivity index (χ3v) is 3.06. The Kier molecular flexibility index (Phi) is 3.33. The molecule has 2 N–H and O–H groups in total. The molecule has 1 saturated heterocycles. The van der Waals surface area contributed by atoms with Gasteiger partial charge in [-0.1, -0.05) is 20.3 Å². The summed E-state index contributed by atoms with van der Waals surface area (Å²) in [5.74, 6) is 0.0292. The smallest absolute Gasteiger partial charge is 0.0920 e. The standard InChI is InChI=1S/C10H20O3/c1-4-5-10(3)9(12)7(2)8(6-11)13-10/h7-9,11-12H,4-6H2,1-3H3/t7?,8-,9+,10+/m1/s1. The Morgan fingerprint density at radius 2 is 2.08 bits per heavy atom. The van der Waals surface area contributed by atoms with E-state index in [1.807, 2.05) is 13.8 Å². The molecule has 0 radical (unpaired) electrons. The lowest BCUT2D eigenvalue weighted by Gasteiger charge is -2.27. The molecule has 0 aromatic heterocycles. The van der Waals surface area contributed by atoms with E-state index in [0.29, 0.717) is 0 Å². The van der Waals surface area contributed by atoms with Gasteiger partial charge >= 0.3 is 0 Å². The summed E-state index contributed by atoms with van der Waals surface area (Å²) in [4.78, 5) is 0. The van der Waals surface area contributed by atoms with E-state index >= 15 is 0 Å². The maximum atomic E-state index is 9.91. The Morgan fingerprint density at radius 1 is 1.46 bits per heavy atom. The molecular formula is C10H20O3. The third kappa shape index (κ3) is 1.87. The van der Waals surface area contributed by atoms with E-state index in [1.165, 1.54) is 0 Å². The Morgan fingerprint density at radius 3 is 2.46 bits per heavy atom. The molecule has 13 heavy (non-hydrogen) atoms. The molecule has 0 amide bonds. The van der Waals surface area contributed by atoms with Crippen molar-refractivity contribution in [3.63, 3.8) is 0 Å². The molecule has 1 rings (SSSR count). The van der Waals surface area contributed by atoms with Crippen LogP contribution in [0.3, 0.4) is 0 Å². The van der Waals surface area contributed by atoms with Gasteiger partial charge < -0.3 is 14.9 Å². The first-order valence-electron chi connectivity index (χ1n) is 5.02. The number of aliphatic hydroxyl groups excluding tert-OH is 2. The molecule has 3 heteroatoms. The van der Waals surface area contributed by atoms with Gasteiger partial charge in [-0.2, -0.15) is 0 Å². The maximum absolute atomic E-state index is 9.91. The van der Waals surface area contributed by atoms with Gasteiger partial charge in [-0.3, -0.25) is 0 Å². The number of aliphatic hydroxyl groups is 2. The van der Waals surface area contributed by atoms with Crippen molar-refractivity contribution in [1.82, 2.24) is 0 Å². The highest BCUT2D eigenvalue weighted by Gasteiger charge is 2.48. The van der Waals surface area contributed by atoms with E-state index in [1.54, 1.807) is 0 Å². The van der Waals surface area contributed by atoms with Crippen LogP contribution in [0.2, 0.25) is 0 Å². The van der Waals surface area contributed by atoms with Crippen LogP contribution in [0.5, 0.6) is 0 Å². The minimum absolute atomic E-state index is 0.00245. The molecule has 1 aliphatic rings. The summed E-state index contributed by atoms with van der Waals surface area (Å²) in [5, 5.41) is 18.9. The first-order chi connectivity index (χ1) is 6.05.